The van der Waals surface area contributed by atoms with E-state index < -0.39 is 0 Å². The number of nitrogens with zero attached hydrogens (tertiary/aromatic N) is 1. The second-order valence-electron chi connectivity index (χ2n) is 8.54. The molecule has 0 amide bonds. The summed E-state index contributed by atoms with van der Waals surface area (Å²) in [5, 5.41) is 9.12. The highest BCUT2D eigenvalue weighted by molar-refractivity contribution is 7.22. The highest BCUT2D eigenvalue weighted by Crippen LogP contribution is 2.41. The molecule has 0 radical (unpaired) electrons. The van der Waals surface area contributed by atoms with Crippen LogP contribution in [-0.4, -0.2) is 43.4 Å². The van der Waals surface area contributed by atoms with Gasteiger partial charge in [-0.1, -0.05) is 24.3 Å². The van der Waals surface area contributed by atoms with Crippen LogP contribution < -0.4 is 9.47 Å². The molecule has 3 aromatic carbocycles. The van der Waals surface area contributed by atoms with Gasteiger partial charge in [0.05, 0.1) is 7.11 Å². The first kappa shape index (κ1) is 21.8. The summed E-state index contributed by atoms with van der Waals surface area (Å²) in [5.41, 5.74) is 3.68. The van der Waals surface area contributed by atoms with Crippen molar-refractivity contribution in [3.8, 4) is 27.7 Å². The standard InChI is InChI=1S/C28H29NO3S/c1-31-26-19-20(8-13-25(26)32-17-16-29-14-4-5-15-29)18-24-23-6-2-3-7-27(23)33-28(24)21-9-11-22(30)12-10-21/h2-3,6-13,19,30H,4-5,14-18H2,1H3/p+1. The van der Waals surface area contributed by atoms with E-state index in [1.54, 1.807) is 7.11 Å². The summed E-state index contributed by atoms with van der Waals surface area (Å²) in [6.07, 6.45) is 3.40. The number of thiophene rings is 1. The summed E-state index contributed by atoms with van der Waals surface area (Å²) in [4.78, 5) is 3.72. The molecule has 0 saturated carbocycles. The lowest BCUT2D eigenvalue weighted by atomic mass is 9.98. The molecule has 0 bridgehead atoms. The Hall–Kier alpha value is -3.02. The lowest BCUT2D eigenvalue weighted by molar-refractivity contribution is 0.230. The van der Waals surface area contributed by atoms with Crippen LogP contribution in [0.15, 0.2) is 66.7 Å². The average Bonchev–Trinajstić information content (AvgIpc) is 3.49. The summed E-state index contributed by atoms with van der Waals surface area (Å²) in [6, 6.07) is 22.7. The molecule has 170 valence electrons. The Morgan fingerprint density at radius 2 is 1.73 bits per heavy atom. The van der Waals surface area contributed by atoms with E-state index in [2.05, 4.69) is 53.4 Å². The molecule has 1 aliphatic heterocycles. The lowest BCUT2D eigenvalue weighted by Gasteiger charge is -2.16. The Labute approximate surface area is 199 Å². The van der Waals surface area contributed by atoms with Gasteiger partial charge in [0.15, 0.2) is 11.5 Å². The first-order valence-electron chi connectivity index (χ1n) is 11.6. The van der Waals surface area contributed by atoms with Crippen molar-refractivity contribution in [2.24, 2.45) is 0 Å². The van der Waals surface area contributed by atoms with Crippen molar-refractivity contribution in [2.45, 2.75) is 19.3 Å². The van der Waals surface area contributed by atoms with E-state index >= 15 is 0 Å². The van der Waals surface area contributed by atoms with Crippen molar-refractivity contribution in [3.63, 3.8) is 0 Å². The number of likely N-dealkylation sites (tertiary alicyclic amines) is 1. The Morgan fingerprint density at radius 1 is 0.939 bits per heavy atom. The molecule has 1 fully saturated rings. The van der Waals surface area contributed by atoms with Gasteiger partial charge in [-0.3, -0.25) is 4.90 Å². The van der Waals surface area contributed by atoms with Gasteiger partial charge in [0.25, 0.3) is 5.75 Å². The van der Waals surface area contributed by atoms with Crippen LogP contribution in [-0.2, 0) is 6.42 Å². The number of rotatable bonds is 8. The molecule has 0 atom stereocenters. The predicted molar refractivity (Wildman–Crippen MR) is 137 cm³/mol. The van der Waals surface area contributed by atoms with Crippen LogP contribution in [0.4, 0.5) is 0 Å². The molecule has 0 spiro atoms. The minimum Gasteiger partial charge on any atom is -0.593 e. The fourth-order valence-corrected chi connectivity index (χ4v) is 5.79. The summed E-state index contributed by atoms with van der Waals surface area (Å²) in [7, 11) is 1.71. The molecule has 2 N–H and O–H groups in total. The van der Waals surface area contributed by atoms with Crippen LogP contribution in [0.3, 0.4) is 0 Å². The van der Waals surface area contributed by atoms with Gasteiger partial charge in [0, 0.05) is 28.3 Å². The third-order valence-electron chi connectivity index (χ3n) is 6.32. The molecular formula is C28H30NO3S+. The zero-order chi connectivity index (χ0) is 22.6. The number of hydrogen-bond donors (Lipinski definition) is 0. The van der Waals surface area contributed by atoms with Crippen molar-refractivity contribution >= 4 is 21.4 Å². The van der Waals surface area contributed by atoms with Crippen molar-refractivity contribution in [1.82, 2.24) is 4.90 Å². The van der Waals surface area contributed by atoms with Crippen LogP contribution in [0.2, 0.25) is 0 Å². The summed E-state index contributed by atoms with van der Waals surface area (Å²) in [5.74, 6) is 2.13. The van der Waals surface area contributed by atoms with Gasteiger partial charge in [-0.05, 0) is 84.8 Å². The zero-order valence-corrected chi connectivity index (χ0v) is 19.8. The Morgan fingerprint density at radius 3 is 2.52 bits per heavy atom. The normalized spacial score (nSPS) is 14.1. The molecule has 1 aromatic heterocycles. The third kappa shape index (κ3) is 4.85. The first-order valence-corrected chi connectivity index (χ1v) is 12.4. The smallest absolute Gasteiger partial charge is 0.253 e. The van der Waals surface area contributed by atoms with E-state index in [9.17, 15) is 0 Å². The lowest BCUT2D eigenvalue weighted by Crippen LogP contribution is -2.25. The van der Waals surface area contributed by atoms with Gasteiger partial charge < -0.3 is 14.6 Å². The van der Waals surface area contributed by atoms with Gasteiger partial charge in [-0.15, -0.1) is 11.3 Å². The fourth-order valence-electron chi connectivity index (χ4n) is 4.57. The number of benzene rings is 3. The summed E-state index contributed by atoms with van der Waals surface area (Å²) in [6.45, 7) is 4.01. The van der Waals surface area contributed by atoms with Crippen LogP contribution in [0.1, 0.15) is 24.0 Å². The quantitative estimate of drug-likeness (QED) is 0.299. The van der Waals surface area contributed by atoms with E-state index in [4.69, 9.17) is 14.6 Å². The largest absolute Gasteiger partial charge is 0.593 e. The third-order valence-corrected chi connectivity index (χ3v) is 7.58. The molecule has 1 aliphatic rings. The van der Waals surface area contributed by atoms with Crippen LogP contribution >= 0.6 is 11.3 Å². The Balaban J connectivity index is 1.40. The molecule has 0 aliphatic carbocycles. The van der Waals surface area contributed by atoms with Gasteiger partial charge >= 0.3 is 0 Å². The van der Waals surface area contributed by atoms with Crippen molar-refractivity contribution in [2.75, 3.05) is 33.4 Å². The minimum atomic E-state index is 0.534. The monoisotopic (exact) mass is 460 g/mol. The van der Waals surface area contributed by atoms with Crippen LogP contribution in [0, 0.1) is 0 Å². The maximum Gasteiger partial charge on any atom is 0.253 e. The number of fused-ring (bicyclic) bond motifs is 1. The molecule has 2 heterocycles. The summed E-state index contributed by atoms with van der Waals surface area (Å²) >= 11 is 1.82. The van der Waals surface area contributed by atoms with E-state index in [1.807, 2.05) is 29.5 Å². The molecule has 5 rings (SSSR count). The number of methoxy groups -OCH3 is 1. The van der Waals surface area contributed by atoms with Crippen LogP contribution in [0.25, 0.3) is 20.5 Å². The van der Waals surface area contributed by atoms with Gasteiger partial charge in [0.1, 0.15) is 6.61 Å². The number of ether oxygens (including phenoxy) is 2. The van der Waals surface area contributed by atoms with Crippen molar-refractivity contribution < 1.29 is 14.6 Å². The van der Waals surface area contributed by atoms with E-state index in [0.717, 1.165) is 30.0 Å². The van der Waals surface area contributed by atoms with Crippen molar-refractivity contribution in [3.05, 3.63) is 77.9 Å². The zero-order valence-electron chi connectivity index (χ0n) is 19.0. The topological polar surface area (TPSA) is 44.6 Å². The first-order chi connectivity index (χ1) is 16.2. The molecular weight excluding hydrogens is 430 g/mol. The molecule has 5 heteroatoms. The second kappa shape index (κ2) is 9.86. The van der Waals surface area contributed by atoms with E-state index in [-0.39, 0.29) is 0 Å². The van der Waals surface area contributed by atoms with Gasteiger partial charge in [-0.25, -0.2) is 0 Å². The maximum atomic E-state index is 7.83. The highest BCUT2D eigenvalue weighted by Gasteiger charge is 2.16. The number of hydrogen-bond acceptors (Lipinski definition) is 4. The average molecular weight is 461 g/mol. The highest BCUT2D eigenvalue weighted by atomic mass is 32.1. The molecule has 4 nitrogen and oxygen atoms in total. The summed E-state index contributed by atoms with van der Waals surface area (Å²) < 4.78 is 13.0. The van der Waals surface area contributed by atoms with Crippen molar-refractivity contribution in [1.29, 1.82) is 0 Å². The van der Waals surface area contributed by atoms with Gasteiger partial charge in [0.2, 0.25) is 0 Å². The van der Waals surface area contributed by atoms with E-state index in [0.29, 0.717) is 12.4 Å². The maximum absolute atomic E-state index is 7.83. The molecule has 0 unspecified atom stereocenters. The SMILES string of the molecule is COc1cc(Cc2c(-c3ccc([OH2+])cc3)sc3ccccc23)ccc1OCCN1CCCC1. The second-order valence-corrected chi connectivity index (χ2v) is 9.59. The predicted octanol–water partition coefficient (Wildman–Crippen LogP) is 6.08. The molecule has 4 aromatic rings. The fraction of sp³-hybridized carbons (Fsp3) is 0.286. The van der Waals surface area contributed by atoms with E-state index in [1.165, 1.54) is 52.0 Å². The Bertz CT molecular complexity index is 1230. The molecule has 1 saturated heterocycles. The Kier molecular flexibility index (Phi) is 6.51. The molecule has 33 heavy (non-hydrogen) atoms. The minimum absolute atomic E-state index is 0.534. The van der Waals surface area contributed by atoms with Gasteiger partial charge in [-0.2, -0.15) is 0 Å². The van der Waals surface area contributed by atoms with Crippen LogP contribution in [0.5, 0.6) is 17.2 Å².